The predicted octanol–water partition coefficient (Wildman–Crippen LogP) is 3.06. The van der Waals surface area contributed by atoms with Gasteiger partial charge in [0.25, 0.3) is 5.91 Å². The highest BCUT2D eigenvalue weighted by Gasteiger charge is 2.32. The van der Waals surface area contributed by atoms with Crippen molar-refractivity contribution < 1.29 is 29.0 Å². The van der Waals surface area contributed by atoms with Gasteiger partial charge in [-0.2, -0.15) is 0 Å². The lowest BCUT2D eigenvalue weighted by molar-refractivity contribution is -0.155. The molecule has 3 amide bonds. The van der Waals surface area contributed by atoms with E-state index in [1.165, 1.54) is 9.80 Å². The Kier molecular flexibility index (Phi) is 8.47. The smallest absolute Gasteiger partial charge is 0.407 e. The second-order valence-corrected chi connectivity index (χ2v) is 10.9. The van der Waals surface area contributed by atoms with Crippen LogP contribution in [0.25, 0.3) is 11.4 Å². The van der Waals surface area contributed by atoms with E-state index in [4.69, 9.17) is 4.74 Å². The number of ether oxygens (including phenoxy) is 1. The molecule has 2 N–H and O–H groups in total. The van der Waals surface area contributed by atoms with Crippen molar-refractivity contribution in [1.29, 1.82) is 0 Å². The highest BCUT2D eigenvalue weighted by Crippen LogP contribution is 2.39. The van der Waals surface area contributed by atoms with Gasteiger partial charge in [0.1, 0.15) is 17.3 Å². The molecule has 0 unspecified atom stereocenters. The normalized spacial score (nSPS) is 16.4. The molecule has 2 heterocycles. The Morgan fingerprint density at radius 2 is 1.67 bits per heavy atom. The van der Waals surface area contributed by atoms with E-state index < -0.39 is 29.6 Å². The van der Waals surface area contributed by atoms with Crippen LogP contribution in [0.2, 0.25) is 0 Å². The van der Waals surface area contributed by atoms with E-state index in [2.05, 4.69) is 15.3 Å². The summed E-state index contributed by atoms with van der Waals surface area (Å²) in [7, 11) is 0. The van der Waals surface area contributed by atoms with Crippen LogP contribution in [-0.4, -0.2) is 86.6 Å². The molecular formula is C28H35N5O6. The van der Waals surface area contributed by atoms with Crippen LogP contribution in [0.1, 0.15) is 68.6 Å². The number of benzene rings is 1. The van der Waals surface area contributed by atoms with E-state index in [1.54, 1.807) is 26.8 Å². The Morgan fingerprint density at radius 3 is 2.26 bits per heavy atom. The minimum atomic E-state index is -1.04. The van der Waals surface area contributed by atoms with E-state index in [9.17, 15) is 24.3 Å². The first-order valence-corrected chi connectivity index (χ1v) is 13.2. The third kappa shape index (κ3) is 7.75. The van der Waals surface area contributed by atoms with Crippen molar-refractivity contribution in [1.82, 2.24) is 25.1 Å². The van der Waals surface area contributed by atoms with Gasteiger partial charge in [-0.25, -0.2) is 14.8 Å². The molecule has 0 spiro atoms. The number of piperazine rings is 1. The molecular weight excluding hydrogens is 502 g/mol. The number of aromatic nitrogens is 2. The number of esters is 1. The molecule has 39 heavy (non-hydrogen) atoms. The van der Waals surface area contributed by atoms with E-state index in [1.807, 2.05) is 30.3 Å². The quantitative estimate of drug-likeness (QED) is 0.489. The van der Waals surface area contributed by atoms with Crippen molar-refractivity contribution >= 4 is 23.9 Å². The maximum absolute atomic E-state index is 13.5. The summed E-state index contributed by atoms with van der Waals surface area (Å²) in [5.41, 5.74) is 1.04. The zero-order valence-corrected chi connectivity index (χ0v) is 22.6. The Hall–Kier alpha value is -4.02. The molecule has 1 aromatic carbocycles. The molecule has 0 radical (unpaired) electrons. The van der Waals surface area contributed by atoms with Gasteiger partial charge in [0.2, 0.25) is 5.91 Å². The topological polar surface area (TPSA) is 142 Å². The number of carbonyl (C=O) groups is 4. The van der Waals surface area contributed by atoms with Gasteiger partial charge in [-0.05, 0) is 46.1 Å². The average Bonchev–Trinajstić information content (AvgIpc) is 3.75. The SMILES string of the molecule is CC(C)(C)OC(=O)CC[C@H](NC(=O)c1cc(C2CC2)nc(-c2ccccc2)n1)C(=O)N1CCN(C(=O)O)CC1. The molecule has 11 nitrogen and oxygen atoms in total. The number of amides is 3. The van der Waals surface area contributed by atoms with Crippen molar-refractivity contribution in [2.75, 3.05) is 26.2 Å². The molecule has 11 heteroatoms. The maximum Gasteiger partial charge on any atom is 0.407 e. The summed E-state index contributed by atoms with van der Waals surface area (Å²) in [6, 6.07) is 10.0. The molecule has 1 atom stereocenters. The highest BCUT2D eigenvalue weighted by molar-refractivity contribution is 5.96. The third-order valence-electron chi connectivity index (χ3n) is 6.53. The lowest BCUT2D eigenvalue weighted by Crippen LogP contribution is -2.55. The number of nitrogens with one attached hydrogen (secondary N) is 1. The standard InChI is InChI=1S/C28H35N5O6/c1-28(2,3)39-23(34)12-11-20(26(36)32-13-15-33(16-14-32)27(37)38)31-25(35)22-17-21(18-9-10-18)29-24(30-22)19-7-5-4-6-8-19/h4-8,17-18,20H,9-16H2,1-3H3,(H,31,35)(H,37,38)/t20-/m0/s1. The van der Waals surface area contributed by atoms with Gasteiger partial charge in [0, 0.05) is 49.8 Å². The van der Waals surface area contributed by atoms with Gasteiger partial charge >= 0.3 is 12.1 Å². The molecule has 4 rings (SSSR count). The van der Waals surface area contributed by atoms with Gasteiger partial charge in [-0.15, -0.1) is 0 Å². The third-order valence-corrected chi connectivity index (χ3v) is 6.53. The lowest BCUT2D eigenvalue weighted by Gasteiger charge is -2.35. The van der Waals surface area contributed by atoms with E-state index in [-0.39, 0.29) is 56.5 Å². The Bertz CT molecular complexity index is 1220. The fourth-order valence-corrected chi connectivity index (χ4v) is 4.37. The van der Waals surface area contributed by atoms with Crippen LogP contribution in [0.5, 0.6) is 0 Å². The number of hydrogen-bond acceptors (Lipinski definition) is 7. The van der Waals surface area contributed by atoms with Gasteiger partial charge in [0.05, 0.1) is 0 Å². The monoisotopic (exact) mass is 537 g/mol. The molecule has 1 aromatic heterocycles. The van der Waals surface area contributed by atoms with Crippen molar-refractivity contribution in [3.05, 3.63) is 47.8 Å². The van der Waals surface area contributed by atoms with Crippen LogP contribution in [0.4, 0.5) is 4.79 Å². The Labute approximate surface area is 227 Å². The summed E-state index contributed by atoms with van der Waals surface area (Å²) in [4.78, 5) is 62.5. The summed E-state index contributed by atoms with van der Waals surface area (Å²) in [6.45, 7) is 6.01. The largest absolute Gasteiger partial charge is 0.465 e. The molecule has 208 valence electrons. The Morgan fingerprint density at radius 1 is 1.03 bits per heavy atom. The molecule has 2 aromatic rings. The lowest BCUT2D eigenvalue weighted by atomic mass is 10.1. The predicted molar refractivity (Wildman–Crippen MR) is 142 cm³/mol. The number of rotatable bonds is 8. The maximum atomic E-state index is 13.5. The van der Waals surface area contributed by atoms with Crippen LogP contribution in [-0.2, 0) is 14.3 Å². The molecule has 2 aliphatic rings. The first kappa shape index (κ1) is 28.0. The van der Waals surface area contributed by atoms with Gasteiger partial charge < -0.3 is 25.0 Å². The summed E-state index contributed by atoms with van der Waals surface area (Å²) in [5, 5.41) is 12.0. The van der Waals surface area contributed by atoms with Crippen LogP contribution >= 0.6 is 0 Å². The second-order valence-electron chi connectivity index (χ2n) is 10.9. The zero-order chi connectivity index (χ0) is 28.2. The fraction of sp³-hybridized carbons (Fsp3) is 0.500. The molecule has 0 bridgehead atoms. The van der Waals surface area contributed by atoms with E-state index >= 15 is 0 Å². The van der Waals surface area contributed by atoms with Gasteiger partial charge in [0.15, 0.2) is 5.82 Å². The van der Waals surface area contributed by atoms with Crippen LogP contribution in [0, 0.1) is 0 Å². The number of hydrogen-bond donors (Lipinski definition) is 2. The van der Waals surface area contributed by atoms with Crippen molar-refractivity contribution in [2.24, 2.45) is 0 Å². The molecule has 1 aliphatic carbocycles. The average molecular weight is 538 g/mol. The number of nitrogens with zero attached hydrogens (tertiary/aromatic N) is 4. The van der Waals surface area contributed by atoms with Crippen LogP contribution in [0.3, 0.4) is 0 Å². The Balaban J connectivity index is 1.53. The second kappa shape index (κ2) is 11.8. The summed E-state index contributed by atoms with van der Waals surface area (Å²) >= 11 is 0. The molecule has 2 fully saturated rings. The van der Waals surface area contributed by atoms with Crippen molar-refractivity contribution in [2.45, 2.75) is 64.0 Å². The van der Waals surface area contributed by atoms with E-state index in [0.717, 1.165) is 24.1 Å². The first-order chi connectivity index (χ1) is 18.5. The molecule has 1 saturated carbocycles. The van der Waals surface area contributed by atoms with Crippen LogP contribution < -0.4 is 5.32 Å². The summed E-state index contributed by atoms with van der Waals surface area (Å²) in [6.07, 6.45) is 0.901. The minimum absolute atomic E-state index is 0.0325. The first-order valence-electron chi connectivity index (χ1n) is 13.2. The van der Waals surface area contributed by atoms with Gasteiger partial charge in [-0.1, -0.05) is 30.3 Å². The summed E-state index contributed by atoms with van der Waals surface area (Å²) in [5.74, 6) is -0.682. The zero-order valence-electron chi connectivity index (χ0n) is 22.6. The molecule has 1 aliphatic heterocycles. The molecule has 1 saturated heterocycles. The van der Waals surface area contributed by atoms with Crippen LogP contribution in [0.15, 0.2) is 36.4 Å². The van der Waals surface area contributed by atoms with Gasteiger partial charge in [-0.3, -0.25) is 14.4 Å². The number of carbonyl (C=O) groups excluding carboxylic acids is 3. The fourth-order valence-electron chi connectivity index (χ4n) is 4.37. The minimum Gasteiger partial charge on any atom is -0.465 e. The summed E-state index contributed by atoms with van der Waals surface area (Å²) < 4.78 is 5.39. The number of carboxylic acid groups (broad SMARTS) is 1. The van der Waals surface area contributed by atoms with Crippen molar-refractivity contribution in [3.63, 3.8) is 0 Å². The van der Waals surface area contributed by atoms with E-state index in [0.29, 0.717) is 5.82 Å². The highest BCUT2D eigenvalue weighted by atomic mass is 16.6. The van der Waals surface area contributed by atoms with Crippen molar-refractivity contribution in [3.8, 4) is 11.4 Å².